The van der Waals surface area contributed by atoms with E-state index in [2.05, 4.69) is 44.2 Å². The Morgan fingerprint density at radius 2 is 1.31 bits per heavy atom. The zero-order chi connectivity index (χ0) is 8.81. The minimum Gasteiger partial charge on any atom is -0.358 e. The molecule has 0 fully saturated rings. The first-order valence-corrected chi connectivity index (χ1v) is 6.86. The quantitative estimate of drug-likeness (QED) is 0.420. The van der Waals surface area contributed by atoms with Crippen LogP contribution in [0.25, 0.3) is 0 Å². The van der Waals surface area contributed by atoms with E-state index in [1.54, 1.807) is 0 Å². The third-order valence-corrected chi connectivity index (χ3v) is 5.21. The number of benzene rings is 1. The van der Waals surface area contributed by atoms with E-state index in [1.165, 1.54) is 24.0 Å². The summed E-state index contributed by atoms with van der Waals surface area (Å²) < 4.78 is 0. The molecule has 91 valence electrons. The summed E-state index contributed by atoms with van der Waals surface area (Å²) in [5.74, 6) is 0. The van der Waals surface area contributed by atoms with Gasteiger partial charge in [-0.25, -0.2) is 0 Å². The van der Waals surface area contributed by atoms with Gasteiger partial charge >= 0.3 is 21.7 Å². The molecule has 0 aliphatic heterocycles. The van der Waals surface area contributed by atoms with Crippen molar-refractivity contribution in [2.24, 2.45) is 0 Å². The van der Waals surface area contributed by atoms with Crippen molar-refractivity contribution in [2.45, 2.75) is 20.0 Å². The minimum absolute atomic E-state index is 0. The molecule has 0 N–H and O–H groups in total. The number of hydrogen-bond donors (Lipinski definition) is 0. The van der Waals surface area contributed by atoms with Gasteiger partial charge in [-0.05, 0) is 19.4 Å². The molecule has 0 amide bonds. The van der Waals surface area contributed by atoms with Crippen molar-refractivity contribution >= 4 is 7.92 Å². The van der Waals surface area contributed by atoms with Crippen LogP contribution < -0.4 is 0 Å². The zero-order valence-electron chi connectivity index (χ0n) is 11.5. The van der Waals surface area contributed by atoms with Gasteiger partial charge in [0.1, 0.15) is 0 Å². The molecule has 0 bridgehead atoms. The normalized spacial score (nSPS) is 7.94. The maximum atomic E-state index is 2.32. The van der Waals surface area contributed by atoms with Crippen molar-refractivity contribution in [2.75, 3.05) is 12.3 Å². The number of hydrogen-bond acceptors (Lipinski definition) is 0. The Labute approximate surface area is 120 Å². The van der Waals surface area contributed by atoms with E-state index in [0.29, 0.717) is 0 Å². The predicted molar refractivity (Wildman–Crippen MR) is 78.8 cm³/mol. The van der Waals surface area contributed by atoms with E-state index in [9.17, 15) is 0 Å². The molecule has 0 aliphatic rings. The second-order valence-corrected chi connectivity index (χ2v) is 6.39. The maximum Gasteiger partial charge on any atom is 3.00 e. The standard InChI is InChI=1S/C11H17P.3CH3.Ti/c1-3-12(4-2)10-11-8-6-5-7-9-11;;;;/h5-9H,3-4,10H2,1-2H3;3*1H3;/q;3*-1;+3/p+1. The molecule has 0 nitrogen and oxygen atoms in total. The molecule has 16 heavy (non-hydrogen) atoms. The molecule has 0 unspecified atom stereocenters. The van der Waals surface area contributed by atoms with E-state index in [1.807, 2.05) is 0 Å². The van der Waals surface area contributed by atoms with Gasteiger partial charge in [-0.1, -0.05) is 30.3 Å². The molecule has 1 rings (SSSR count). The van der Waals surface area contributed by atoms with Crippen molar-refractivity contribution in [3.8, 4) is 0 Å². The Balaban J connectivity index is -0.000000180. The molecule has 2 heteroatoms. The smallest absolute Gasteiger partial charge is 0.358 e. The van der Waals surface area contributed by atoms with Gasteiger partial charge in [0.2, 0.25) is 0 Å². The molecule has 1 aromatic carbocycles. The van der Waals surface area contributed by atoms with E-state index in [0.717, 1.165) is 0 Å². The van der Waals surface area contributed by atoms with Gasteiger partial charge in [0, 0.05) is 7.92 Å². The molecule has 0 saturated carbocycles. The van der Waals surface area contributed by atoms with Gasteiger partial charge in [-0.3, -0.25) is 0 Å². The fourth-order valence-electron chi connectivity index (χ4n) is 1.38. The molecule has 1 radical (unpaired) electrons. The molecule has 0 heterocycles. The van der Waals surface area contributed by atoms with Crippen LogP contribution in [0.2, 0.25) is 0 Å². The van der Waals surface area contributed by atoms with Gasteiger partial charge < -0.3 is 22.3 Å². The van der Waals surface area contributed by atoms with Gasteiger partial charge in [-0.2, -0.15) is 0 Å². The Hall–Kier alpha value is 0.364. The van der Waals surface area contributed by atoms with Crippen molar-refractivity contribution < 1.29 is 21.7 Å². The summed E-state index contributed by atoms with van der Waals surface area (Å²) in [6, 6.07) is 10.9. The summed E-state index contributed by atoms with van der Waals surface area (Å²) in [5.41, 5.74) is 1.52. The largest absolute Gasteiger partial charge is 3.00 e. The molecule has 1 aromatic rings. The van der Waals surface area contributed by atoms with Crippen LogP contribution in [-0.4, -0.2) is 12.3 Å². The van der Waals surface area contributed by atoms with Crippen molar-refractivity contribution in [1.29, 1.82) is 0 Å². The molecule has 0 aromatic heterocycles. The molecule has 0 saturated heterocycles. The SMILES string of the molecule is CC[PH+](CC)Cc1ccccc1.[CH3-].[CH3-].[CH3-].[Ti+3]. The van der Waals surface area contributed by atoms with Gasteiger partial charge in [0.15, 0.2) is 0 Å². The Bertz CT molecular complexity index is 207. The minimum atomic E-state index is -0.0756. The first-order valence-electron chi connectivity index (χ1n) is 4.74. The van der Waals surface area contributed by atoms with E-state index in [-0.39, 0.29) is 51.9 Å². The fraction of sp³-hybridized carbons (Fsp3) is 0.357. The summed E-state index contributed by atoms with van der Waals surface area (Å²) >= 11 is 0. The van der Waals surface area contributed by atoms with Crippen LogP contribution in [0.4, 0.5) is 0 Å². The fourth-order valence-corrected chi connectivity index (χ4v) is 3.20. The van der Waals surface area contributed by atoms with Gasteiger partial charge in [-0.15, -0.1) is 0 Å². The zero-order valence-corrected chi connectivity index (χ0v) is 14.1. The number of rotatable bonds is 4. The van der Waals surface area contributed by atoms with Crippen LogP contribution in [0.15, 0.2) is 30.3 Å². The van der Waals surface area contributed by atoms with Gasteiger partial charge in [0.05, 0.1) is 18.5 Å². The average Bonchev–Trinajstić information content (AvgIpc) is 2.16. The monoisotopic (exact) mass is 274 g/mol. The Morgan fingerprint density at radius 3 is 1.69 bits per heavy atom. The van der Waals surface area contributed by atoms with Crippen molar-refractivity contribution in [3.05, 3.63) is 58.2 Å². The third kappa shape index (κ3) is 9.58. The summed E-state index contributed by atoms with van der Waals surface area (Å²) in [5, 5.41) is 0. The molecular weight excluding hydrogens is 247 g/mol. The van der Waals surface area contributed by atoms with E-state index < -0.39 is 0 Å². The molecule has 0 aliphatic carbocycles. The first-order chi connectivity index (χ1) is 5.86. The van der Waals surface area contributed by atoms with E-state index >= 15 is 0 Å². The van der Waals surface area contributed by atoms with Gasteiger partial charge in [0.25, 0.3) is 0 Å². The molecule has 0 atom stereocenters. The summed E-state index contributed by atoms with van der Waals surface area (Å²) in [4.78, 5) is 0. The van der Waals surface area contributed by atoms with Crippen LogP contribution >= 0.6 is 7.92 Å². The van der Waals surface area contributed by atoms with Crippen LogP contribution in [0.3, 0.4) is 0 Å². The summed E-state index contributed by atoms with van der Waals surface area (Å²) in [6.45, 7) is 4.64. The Morgan fingerprint density at radius 1 is 0.875 bits per heavy atom. The first kappa shape index (κ1) is 25.3. The van der Waals surface area contributed by atoms with Crippen LogP contribution in [0, 0.1) is 22.3 Å². The van der Waals surface area contributed by atoms with Crippen molar-refractivity contribution in [1.82, 2.24) is 0 Å². The Kier molecular flexibility index (Phi) is 24.3. The molecule has 0 spiro atoms. The average molecular weight is 274 g/mol. The van der Waals surface area contributed by atoms with Crippen LogP contribution in [0.5, 0.6) is 0 Å². The topological polar surface area (TPSA) is 0 Å². The van der Waals surface area contributed by atoms with Crippen molar-refractivity contribution in [3.63, 3.8) is 0 Å². The van der Waals surface area contributed by atoms with Crippen LogP contribution in [-0.2, 0) is 27.9 Å². The summed E-state index contributed by atoms with van der Waals surface area (Å²) in [7, 11) is -0.0756. The van der Waals surface area contributed by atoms with E-state index in [4.69, 9.17) is 0 Å². The third-order valence-electron chi connectivity index (χ3n) is 2.30. The maximum absolute atomic E-state index is 2.32. The molecular formula is C14H27PTi+. The van der Waals surface area contributed by atoms with Crippen LogP contribution in [0.1, 0.15) is 19.4 Å². The second kappa shape index (κ2) is 15.4. The predicted octanol–water partition coefficient (Wildman–Crippen LogP) is 4.79. The second-order valence-electron chi connectivity index (χ2n) is 3.12. The summed E-state index contributed by atoms with van der Waals surface area (Å²) in [6.07, 6.45) is 4.14.